The van der Waals surface area contributed by atoms with Gasteiger partial charge in [-0.2, -0.15) is 5.10 Å². The highest BCUT2D eigenvalue weighted by Gasteiger charge is 2.17. The fraction of sp³-hybridized carbons (Fsp3) is 0.333. The molecule has 23 heavy (non-hydrogen) atoms. The Morgan fingerprint density at radius 3 is 2.65 bits per heavy atom. The smallest absolute Gasteiger partial charge is 0.354 e. The number of methoxy groups -OCH3 is 1. The molecule has 0 radical (unpaired) electrons. The van der Waals surface area contributed by atoms with Gasteiger partial charge in [0.25, 0.3) is 5.91 Å². The lowest BCUT2D eigenvalue weighted by Crippen LogP contribution is -2.25. The Balaban J connectivity index is 2.16. The number of ether oxygens (including phenoxy) is 1. The fourth-order valence-corrected chi connectivity index (χ4v) is 2.26. The van der Waals surface area contributed by atoms with Crippen LogP contribution in [0.15, 0.2) is 18.2 Å². The molecule has 2 heterocycles. The molecule has 2 rings (SSSR count). The number of aromatic nitrogens is 3. The van der Waals surface area contributed by atoms with Gasteiger partial charge in [-0.3, -0.25) is 4.79 Å². The molecule has 0 atom stereocenters. The molecule has 0 fully saturated rings. The lowest BCUT2D eigenvalue weighted by atomic mass is 10.2. The molecule has 0 saturated heterocycles. The number of carbonyl (C=O) groups is 2. The minimum absolute atomic E-state index is 0.0470. The number of hydrogen-bond acceptors (Lipinski definition) is 5. The van der Waals surface area contributed by atoms with Gasteiger partial charge in [0.05, 0.1) is 24.9 Å². The Labute approximate surface area is 133 Å². The number of carboxylic acid groups (broad SMARTS) is 1. The number of aryl methyl sites for hydroxylation is 2. The number of aromatic carboxylic acids is 1. The molecule has 0 aliphatic heterocycles. The Hall–Kier alpha value is -2.90. The van der Waals surface area contributed by atoms with E-state index in [1.54, 1.807) is 18.8 Å². The zero-order chi connectivity index (χ0) is 17.0. The van der Waals surface area contributed by atoms with Crippen molar-refractivity contribution in [2.24, 2.45) is 7.05 Å². The molecule has 0 spiro atoms. The first-order chi connectivity index (χ1) is 11.0. The summed E-state index contributed by atoms with van der Waals surface area (Å²) in [6.07, 6.45) is 0.704. The third kappa shape index (κ3) is 3.47. The SMILES string of the molecule is CCc1nn(C)c(OC)c1CNC(=O)c1cccc(C(=O)O)n1. The molecule has 0 saturated carbocycles. The van der Waals surface area contributed by atoms with Crippen molar-refractivity contribution in [3.05, 3.63) is 40.8 Å². The lowest BCUT2D eigenvalue weighted by molar-refractivity contribution is 0.0690. The van der Waals surface area contributed by atoms with Crippen molar-refractivity contribution in [3.63, 3.8) is 0 Å². The summed E-state index contributed by atoms with van der Waals surface area (Å²) in [6.45, 7) is 2.18. The van der Waals surface area contributed by atoms with Gasteiger partial charge in [0.15, 0.2) is 0 Å². The van der Waals surface area contributed by atoms with E-state index in [0.717, 1.165) is 11.3 Å². The number of carboxylic acids is 1. The zero-order valence-electron chi connectivity index (χ0n) is 13.2. The van der Waals surface area contributed by atoms with Crippen molar-refractivity contribution in [1.82, 2.24) is 20.1 Å². The summed E-state index contributed by atoms with van der Waals surface area (Å²) in [5, 5.41) is 16.0. The van der Waals surface area contributed by atoms with Gasteiger partial charge in [-0.05, 0) is 18.6 Å². The van der Waals surface area contributed by atoms with Crippen LogP contribution in [0.4, 0.5) is 0 Å². The predicted octanol–water partition coefficient (Wildman–Crippen LogP) is 1.01. The molecule has 0 aliphatic rings. The number of hydrogen-bond donors (Lipinski definition) is 2. The van der Waals surface area contributed by atoms with Crippen LogP contribution < -0.4 is 10.1 Å². The third-order valence-electron chi connectivity index (χ3n) is 3.33. The first kappa shape index (κ1) is 16.5. The maximum Gasteiger partial charge on any atom is 0.354 e. The van der Waals surface area contributed by atoms with Crippen LogP contribution in [0.3, 0.4) is 0 Å². The summed E-state index contributed by atoms with van der Waals surface area (Å²) in [5.74, 6) is -1.06. The van der Waals surface area contributed by atoms with Gasteiger partial charge >= 0.3 is 5.97 Å². The zero-order valence-corrected chi connectivity index (χ0v) is 13.2. The van der Waals surface area contributed by atoms with E-state index in [1.165, 1.54) is 18.2 Å². The molecule has 0 bridgehead atoms. The molecule has 8 heteroatoms. The van der Waals surface area contributed by atoms with Crippen LogP contribution in [-0.4, -0.2) is 38.9 Å². The minimum atomic E-state index is -1.18. The van der Waals surface area contributed by atoms with Gasteiger partial charge in [0.2, 0.25) is 5.88 Å². The molecule has 1 amide bonds. The predicted molar refractivity (Wildman–Crippen MR) is 81.5 cm³/mol. The summed E-state index contributed by atoms with van der Waals surface area (Å²) in [7, 11) is 3.31. The van der Waals surface area contributed by atoms with Crippen molar-refractivity contribution < 1.29 is 19.4 Å². The van der Waals surface area contributed by atoms with E-state index in [9.17, 15) is 9.59 Å². The van der Waals surface area contributed by atoms with Crippen molar-refractivity contribution in [2.75, 3.05) is 7.11 Å². The van der Waals surface area contributed by atoms with Gasteiger partial charge in [-0.15, -0.1) is 0 Å². The van der Waals surface area contributed by atoms with Crippen molar-refractivity contribution in [1.29, 1.82) is 0 Å². The standard InChI is InChI=1S/C15H18N4O4/c1-4-10-9(14(23-3)19(2)18-10)8-16-13(20)11-6-5-7-12(17-11)15(21)22/h5-7H,4,8H2,1-3H3,(H,16,20)(H,21,22). The molecular formula is C15H18N4O4. The molecule has 0 aliphatic carbocycles. The van der Waals surface area contributed by atoms with Crippen molar-refractivity contribution in [3.8, 4) is 5.88 Å². The normalized spacial score (nSPS) is 10.4. The topological polar surface area (TPSA) is 106 Å². The highest BCUT2D eigenvalue weighted by molar-refractivity contribution is 5.94. The highest BCUT2D eigenvalue weighted by Crippen LogP contribution is 2.21. The van der Waals surface area contributed by atoms with E-state index >= 15 is 0 Å². The van der Waals surface area contributed by atoms with Crippen LogP contribution in [0.2, 0.25) is 0 Å². The highest BCUT2D eigenvalue weighted by atomic mass is 16.5. The maximum absolute atomic E-state index is 12.2. The summed E-state index contributed by atoms with van der Waals surface area (Å²) >= 11 is 0. The Bertz CT molecular complexity index is 739. The van der Waals surface area contributed by atoms with Gasteiger partial charge in [-0.25, -0.2) is 14.5 Å². The average Bonchev–Trinajstić information content (AvgIpc) is 2.87. The summed E-state index contributed by atoms with van der Waals surface area (Å²) in [6, 6.07) is 4.27. The van der Waals surface area contributed by atoms with Gasteiger partial charge in [0.1, 0.15) is 11.4 Å². The van der Waals surface area contributed by atoms with E-state index in [1.807, 2.05) is 6.92 Å². The first-order valence-electron chi connectivity index (χ1n) is 7.05. The molecule has 0 unspecified atom stereocenters. The van der Waals surface area contributed by atoms with E-state index < -0.39 is 11.9 Å². The molecule has 0 aromatic carbocycles. The minimum Gasteiger partial charge on any atom is -0.481 e. The first-order valence-corrected chi connectivity index (χ1v) is 7.05. The van der Waals surface area contributed by atoms with E-state index in [-0.39, 0.29) is 17.9 Å². The number of rotatable bonds is 6. The van der Waals surface area contributed by atoms with Gasteiger partial charge in [0, 0.05) is 7.05 Å². The van der Waals surface area contributed by atoms with E-state index in [2.05, 4.69) is 15.4 Å². The van der Waals surface area contributed by atoms with Crippen LogP contribution in [0, 0.1) is 0 Å². The van der Waals surface area contributed by atoms with Crippen LogP contribution in [-0.2, 0) is 20.0 Å². The monoisotopic (exact) mass is 318 g/mol. The molecule has 2 aromatic rings. The molecule has 2 N–H and O–H groups in total. The quantitative estimate of drug-likeness (QED) is 0.823. The molecular weight excluding hydrogens is 300 g/mol. The number of amides is 1. The number of pyridine rings is 1. The molecule has 8 nitrogen and oxygen atoms in total. The second-order valence-electron chi connectivity index (χ2n) is 4.81. The second-order valence-corrected chi connectivity index (χ2v) is 4.81. The lowest BCUT2D eigenvalue weighted by Gasteiger charge is -2.07. The summed E-state index contributed by atoms with van der Waals surface area (Å²) < 4.78 is 6.92. The fourth-order valence-electron chi connectivity index (χ4n) is 2.26. The van der Waals surface area contributed by atoms with E-state index in [4.69, 9.17) is 9.84 Å². The number of nitrogens with zero attached hydrogens (tertiary/aromatic N) is 3. The summed E-state index contributed by atoms with van der Waals surface area (Å²) in [4.78, 5) is 26.9. The van der Waals surface area contributed by atoms with Crippen molar-refractivity contribution in [2.45, 2.75) is 19.9 Å². The average molecular weight is 318 g/mol. The third-order valence-corrected chi connectivity index (χ3v) is 3.33. The van der Waals surface area contributed by atoms with Crippen LogP contribution in [0.1, 0.15) is 39.2 Å². The number of carbonyl (C=O) groups excluding carboxylic acids is 1. The van der Waals surface area contributed by atoms with Gasteiger partial charge in [-0.1, -0.05) is 13.0 Å². The van der Waals surface area contributed by atoms with Crippen molar-refractivity contribution >= 4 is 11.9 Å². The number of nitrogens with one attached hydrogen (secondary N) is 1. The summed E-state index contributed by atoms with van der Waals surface area (Å²) in [5.41, 5.74) is 1.49. The second kappa shape index (κ2) is 6.91. The van der Waals surface area contributed by atoms with Crippen LogP contribution in [0.25, 0.3) is 0 Å². The van der Waals surface area contributed by atoms with Crippen LogP contribution in [0.5, 0.6) is 5.88 Å². The molecule has 122 valence electrons. The largest absolute Gasteiger partial charge is 0.481 e. The van der Waals surface area contributed by atoms with Crippen LogP contribution >= 0.6 is 0 Å². The molecule has 2 aromatic heterocycles. The Morgan fingerprint density at radius 1 is 1.35 bits per heavy atom. The Morgan fingerprint density at radius 2 is 2.04 bits per heavy atom. The maximum atomic E-state index is 12.2. The van der Waals surface area contributed by atoms with Gasteiger partial charge < -0.3 is 15.2 Å². The Kier molecular flexibility index (Phi) is 4.95. The van der Waals surface area contributed by atoms with E-state index in [0.29, 0.717) is 12.3 Å².